The Balaban J connectivity index is 2.08. The number of aromatic nitrogens is 4. The van der Waals surface area contributed by atoms with Crippen molar-refractivity contribution in [2.45, 2.75) is 58.5 Å². The molecule has 0 fully saturated rings. The van der Waals surface area contributed by atoms with Gasteiger partial charge in [0.05, 0.1) is 6.07 Å². The van der Waals surface area contributed by atoms with Crippen LogP contribution in [0, 0.1) is 11.3 Å². The molecule has 0 unspecified atom stereocenters. The number of carbonyl (C=O) groups is 1. The van der Waals surface area contributed by atoms with Gasteiger partial charge in [0, 0.05) is 5.92 Å². The predicted octanol–water partition coefficient (Wildman–Crippen LogP) is 2.48. The van der Waals surface area contributed by atoms with E-state index in [0.717, 1.165) is 5.56 Å². The number of amides is 1. The van der Waals surface area contributed by atoms with Crippen LogP contribution in [0.3, 0.4) is 0 Å². The van der Waals surface area contributed by atoms with Crippen LogP contribution in [-0.2, 0) is 16.8 Å². The van der Waals surface area contributed by atoms with Gasteiger partial charge >= 0.3 is 0 Å². The third kappa shape index (κ3) is 4.63. The zero-order chi connectivity index (χ0) is 18.6. The van der Waals surface area contributed by atoms with E-state index in [9.17, 15) is 10.1 Å². The lowest BCUT2D eigenvalue weighted by Crippen LogP contribution is -2.32. The highest BCUT2D eigenvalue weighted by atomic mass is 16.2. The lowest BCUT2D eigenvalue weighted by molar-refractivity contribution is -0.122. The van der Waals surface area contributed by atoms with Gasteiger partial charge in [0.2, 0.25) is 5.91 Å². The molecule has 7 heteroatoms. The number of nitriles is 1. The van der Waals surface area contributed by atoms with E-state index < -0.39 is 6.04 Å². The SMILES string of the molecule is CC(C)c1nnnn1CC(=O)N[C@H](C#N)c1ccc(C(C)(C)C)cc1. The molecule has 25 heavy (non-hydrogen) atoms. The zero-order valence-corrected chi connectivity index (χ0v) is 15.3. The molecule has 1 heterocycles. The first-order valence-electron chi connectivity index (χ1n) is 8.28. The largest absolute Gasteiger partial charge is 0.335 e. The van der Waals surface area contributed by atoms with Crippen LogP contribution in [0.1, 0.15) is 63.5 Å². The maximum atomic E-state index is 12.3. The average Bonchev–Trinajstić information content (AvgIpc) is 3.00. The van der Waals surface area contributed by atoms with E-state index in [1.807, 2.05) is 38.1 Å². The van der Waals surface area contributed by atoms with Crippen LogP contribution >= 0.6 is 0 Å². The van der Waals surface area contributed by atoms with E-state index in [1.54, 1.807) is 0 Å². The first-order valence-corrected chi connectivity index (χ1v) is 8.28. The molecule has 0 bridgehead atoms. The van der Waals surface area contributed by atoms with E-state index in [4.69, 9.17) is 0 Å². The number of hydrogen-bond acceptors (Lipinski definition) is 5. The predicted molar refractivity (Wildman–Crippen MR) is 93.5 cm³/mol. The highest BCUT2D eigenvalue weighted by molar-refractivity contribution is 5.76. The summed E-state index contributed by atoms with van der Waals surface area (Å²) in [5, 5.41) is 23.5. The molecule has 2 aromatic rings. The lowest BCUT2D eigenvalue weighted by atomic mass is 9.86. The van der Waals surface area contributed by atoms with E-state index >= 15 is 0 Å². The second kappa shape index (κ2) is 7.43. The van der Waals surface area contributed by atoms with E-state index in [1.165, 1.54) is 10.2 Å². The molecule has 1 N–H and O–H groups in total. The quantitative estimate of drug-likeness (QED) is 0.902. The Hall–Kier alpha value is -2.75. The second-order valence-electron chi connectivity index (χ2n) is 7.35. The number of carbonyl (C=O) groups excluding carboxylic acids is 1. The van der Waals surface area contributed by atoms with Crippen molar-refractivity contribution in [3.05, 3.63) is 41.2 Å². The Kier molecular flexibility index (Phi) is 5.52. The number of benzene rings is 1. The monoisotopic (exact) mass is 340 g/mol. The number of nitrogens with zero attached hydrogens (tertiary/aromatic N) is 5. The van der Waals surface area contributed by atoms with Crippen molar-refractivity contribution in [2.75, 3.05) is 0 Å². The molecule has 0 aliphatic heterocycles. The van der Waals surface area contributed by atoms with Crippen molar-refractivity contribution >= 4 is 5.91 Å². The molecule has 7 nitrogen and oxygen atoms in total. The van der Waals surface area contributed by atoms with Crippen LogP contribution in [0.25, 0.3) is 0 Å². The average molecular weight is 340 g/mol. The topological polar surface area (TPSA) is 96.5 Å². The van der Waals surface area contributed by atoms with Gasteiger partial charge < -0.3 is 5.32 Å². The number of nitrogens with one attached hydrogen (secondary N) is 1. The first kappa shape index (κ1) is 18.6. The summed E-state index contributed by atoms with van der Waals surface area (Å²) in [4.78, 5) is 12.3. The van der Waals surface area contributed by atoms with Crippen molar-refractivity contribution in [1.29, 1.82) is 5.26 Å². The number of hydrogen-bond donors (Lipinski definition) is 1. The van der Waals surface area contributed by atoms with Crippen molar-refractivity contribution in [2.24, 2.45) is 0 Å². The van der Waals surface area contributed by atoms with Gasteiger partial charge in [-0.2, -0.15) is 5.26 Å². The molecule has 2 rings (SSSR count). The summed E-state index contributed by atoms with van der Waals surface area (Å²) >= 11 is 0. The molecule has 132 valence electrons. The smallest absolute Gasteiger partial charge is 0.243 e. The fourth-order valence-corrected chi connectivity index (χ4v) is 2.45. The van der Waals surface area contributed by atoms with Crippen molar-refractivity contribution < 1.29 is 4.79 Å². The van der Waals surface area contributed by atoms with Crippen molar-refractivity contribution in [3.63, 3.8) is 0 Å². The maximum Gasteiger partial charge on any atom is 0.243 e. The van der Waals surface area contributed by atoms with Crippen LogP contribution in [-0.4, -0.2) is 26.1 Å². The van der Waals surface area contributed by atoms with Crippen LogP contribution in [0.2, 0.25) is 0 Å². The molecule has 0 saturated heterocycles. The van der Waals surface area contributed by atoms with Gasteiger partial charge in [0.1, 0.15) is 12.6 Å². The molecule has 1 amide bonds. The lowest BCUT2D eigenvalue weighted by Gasteiger charge is -2.20. The molecule has 1 atom stereocenters. The van der Waals surface area contributed by atoms with Gasteiger partial charge in [0.25, 0.3) is 0 Å². The Labute approximate surface area is 148 Å². The van der Waals surface area contributed by atoms with E-state index in [-0.39, 0.29) is 23.8 Å². The van der Waals surface area contributed by atoms with Gasteiger partial charge in [-0.05, 0) is 27.0 Å². The molecule has 0 spiro atoms. The van der Waals surface area contributed by atoms with E-state index in [0.29, 0.717) is 5.82 Å². The molecule has 1 aromatic carbocycles. The molecular weight excluding hydrogens is 316 g/mol. The van der Waals surface area contributed by atoms with Gasteiger partial charge in [0.15, 0.2) is 5.82 Å². The minimum Gasteiger partial charge on any atom is -0.335 e. The minimum atomic E-state index is -0.708. The summed E-state index contributed by atoms with van der Waals surface area (Å²) in [6.07, 6.45) is 0. The van der Waals surface area contributed by atoms with Gasteiger partial charge in [-0.1, -0.05) is 58.9 Å². The number of tetrazole rings is 1. The first-order chi connectivity index (χ1) is 11.7. The van der Waals surface area contributed by atoms with Gasteiger partial charge in [-0.15, -0.1) is 5.10 Å². The molecule has 0 radical (unpaired) electrons. The summed E-state index contributed by atoms with van der Waals surface area (Å²) in [6, 6.07) is 9.16. The maximum absolute atomic E-state index is 12.3. The molecule has 0 aliphatic carbocycles. The fourth-order valence-electron chi connectivity index (χ4n) is 2.45. The minimum absolute atomic E-state index is 0.0151. The summed E-state index contributed by atoms with van der Waals surface area (Å²) in [7, 11) is 0. The Morgan fingerprint density at radius 2 is 1.92 bits per heavy atom. The molecular formula is C18H24N6O. The molecule has 0 saturated carbocycles. The highest BCUT2D eigenvalue weighted by Crippen LogP contribution is 2.23. The third-order valence-corrected chi connectivity index (χ3v) is 3.91. The highest BCUT2D eigenvalue weighted by Gasteiger charge is 2.19. The number of rotatable bonds is 5. The normalized spacial score (nSPS) is 12.7. The second-order valence-corrected chi connectivity index (χ2v) is 7.35. The summed E-state index contributed by atoms with van der Waals surface area (Å²) in [6.45, 7) is 10.3. The molecule has 0 aliphatic rings. The van der Waals surface area contributed by atoms with Crippen molar-refractivity contribution in [1.82, 2.24) is 25.5 Å². The summed E-state index contributed by atoms with van der Waals surface area (Å²) < 4.78 is 1.46. The zero-order valence-electron chi connectivity index (χ0n) is 15.3. The standard InChI is InChI=1S/C18H24N6O/c1-12(2)17-21-22-23-24(17)11-16(25)20-15(10-19)13-6-8-14(9-7-13)18(3,4)5/h6-9,12,15H,11H2,1-5H3,(H,20,25)/t15-/m1/s1. The van der Waals surface area contributed by atoms with Gasteiger partial charge in [-0.3, -0.25) is 4.79 Å². The molecule has 1 aromatic heterocycles. The Morgan fingerprint density at radius 3 is 2.44 bits per heavy atom. The third-order valence-electron chi connectivity index (χ3n) is 3.91. The fraction of sp³-hybridized carbons (Fsp3) is 0.500. The summed E-state index contributed by atoms with van der Waals surface area (Å²) in [5.41, 5.74) is 1.97. The van der Waals surface area contributed by atoms with Crippen LogP contribution in [0.5, 0.6) is 0 Å². The Morgan fingerprint density at radius 1 is 1.28 bits per heavy atom. The summed E-state index contributed by atoms with van der Waals surface area (Å²) in [5.74, 6) is 0.443. The van der Waals surface area contributed by atoms with E-state index in [2.05, 4.69) is 47.7 Å². The van der Waals surface area contributed by atoms with Crippen LogP contribution in [0.15, 0.2) is 24.3 Å². The van der Waals surface area contributed by atoms with Crippen LogP contribution < -0.4 is 5.32 Å². The van der Waals surface area contributed by atoms with Crippen LogP contribution in [0.4, 0.5) is 0 Å². The van der Waals surface area contributed by atoms with Crippen molar-refractivity contribution in [3.8, 4) is 6.07 Å². The van der Waals surface area contributed by atoms with Gasteiger partial charge in [-0.25, -0.2) is 4.68 Å². The Bertz CT molecular complexity index is 764.